The molecule has 9 heteroatoms. The van der Waals surface area contributed by atoms with E-state index in [0.717, 1.165) is 11.3 Å². The molecule has 0 amide bonds. The minimum Gasteiger partial charge on any atom is -0.497 e. The van der Waals surface area contributed by atoms with Gasteiger partial charge in [0.15, 0.2) is 5.96 Å². The van der Waals surface area contributed by atoms with Gasteiger partial charge < -0.3 is 25.4 Å². The summed E-state index contributed by atoms with van der Waals surface area (Å²) in [5, 5.41) is 20.5. The highest BCUT2D eigenvalue weighted by molar-refractivity contribution is 5.79. The van der Waals surface area contributed by atoms with E-state index in [1.807, 2.05) is 25.1 Å². The molecule has 2 rings (SSSR count). The predicted molar refractivity (Wildman–Crippen MR) is 114 cm³/mol. The first-order valence-corrected chi connectivity index (χ1v) is 9.29. The van der Waals surface area contributed by atoms with Crippen LogP contribution in [0.25, 0.3) is 0 Å². The van der Waals surface area contributed by atoms with Crippen LogP contribution in [0.15, 0.2) is 47.5 Å². The monoisotopic (exact) mass is 401 g/mol. The summed E-state index contributed by atoms with van der Waals surface area (Å²) in [5.41, 5.74) is 1.48. The number of nitrogens with one attached hydrogen (secondary N) is 3. The Bertz CT molecular complexity index is 841. The highest BCUT2D eigenvalue weighted by Gasteiger charge is 2.11. The molecule has 0 aromatic heterocycles. The summed E-state index contributed by atoms with van der Waals surface area (Å²) in [7, 11) is 3.22. The van der Waals surface area contributed by atoms with Crippen molar-refractivity contribution in [2.24, 2.45) is 4.99 Å². The molecule has 0 saturated carbocycles. The Hall–Kier alpha value is -3.49. The Morgan fingerprint density at radius 3 is 2.59 bits per heavy atom. The van der Waals surface area contributed by atoms with Gasteiger partial charge >= 0.3 is 0 Å². The molecule has 0 aliphatic carbocycles. The lowest BCUT2D eigenvalue weighted by atomic mass is 10.2. The van der Waals surface area contributed by atoms with E-state index < -0.39 is 4.92 Å². The van der Waals surface area contributed by atoms with Gasteiger partial charge in [-0.2, -0.15) is 0 Å². The Labute approximate surface area is 170 Å². The second-order valence-electron chi connectivity index (χ2n) is 6.00. The fourth-order valence-electron chi connectivity index (χ4n) is 2.65. The number of nitro groups is 1. The van der Waals surface area contributed by atoms with E-state index in [2.05, 4.69) is 20.9 Å². The van der Waals surface area contributed by atoms with Gasteiger partial charge in [-0.25, -0.2) is 4.99 Å². The van der Waals surface area contributed by atoms with Crippen molar-refractivity contribution >= 4 is 17.3 Å². The zero-order valence-corrected chi connectivity index (χ0v) is 16.9. The van der Waals surface area contributed by atoms with Crippen LogP contribution in [0, 0.1) is 10.1 Å². The molecule has 2 aromatic rings. The molecule has 0 unspecified atom stereocenters. The average molecular weight is 401 g/mol. The number of nitrogens with zero attached hydrogens (tertiary/aromatic N) is 2. The van der Waals surface area contributed by atoms with Gasteiger partial charge in [-0.15, -0.1) is 0 Å². The van der Waals surface area contributed by atoms with Crippen molar-refractivity contribution in [3.05, 3.63) is 58.1 Å². The zero-order valence-electron chi connectivity index (χ0n) is 16.9. The van der Waals surface area contributed by atoms with Crippen molar-refractivity contribution in [1.82, 2.24) is 10.6 Å². The molecule has 156 valence electrons. The summed E-state index contributed by atoms with van der Waals surface area (Å²) in [6.07, 6.45) is 0. The molecule has 0 atom stereocenters. The number of rotatable bonds is 10. The van der Waals surface area contributed by atoms with Crippen molar-refractivity contribution in [1.29, 1.82) is 0 Å². The van der Waals surface area contributed by atoms with Crippen LogP contribution in [0.5, 0.6) is 11.5 Å². The second kappa shape index (κ2) is 11.4. The summed E-state index contributed by atoms with van der Waals surface area (Å²) in [6, 6.07) is 12.2. The van der Waals surface area contributed by atoms with Crippen LogP contribution >= 0.6 is 0 Å². The molecule has 29 heavy (non-hydrogen) atoms. The first-order valence-electron chi connectivity index (χ1n) is 9.29. The van der Waals surface area contributed by atoms with Crippen molar-refractivity contribution in [3.8, 4) is 11.5 Å². The molecule has 2 aromatic carbocycles. The van der Waals surface area contributed by atoms with Crippen molar-refractivity contribution < 1.29 is 14.4 Å². The Morgan fingerprint density at radius 2 is 1.90 bits per heavy atom. The molecular weight excluding hydrogens is 374 g/mol. The second-order valence-corrected chi connectivity index (χ2v) is 6.00. The lowest BCUT2D eigenvalue weighted by Gasteiger charge is -2.13. The molecule has 0 heterocycles. The minimum absolute atomic E-state index is 0.0553. The fourth-order valence-corrected chi connectivity index (χ4v) is 2.65. The Kier molecular flexibility index (Phi) is 8.55. The summed E-state index contributed by atoms with van der Waals surface area (Å²) >= 11 is 0. The summed E-state index contributed by atoms with van der Waals surface area (Å²) in [5.74, 6) is 2.08. The quantitative estimate of drug-likeness (QED) is 0.185. The van der Waals surface area contributed by atoms with Crippen LogP contribution in [-0.2, 0) is 6.54 Å². The van der Waals surface area contributed by atoms with E-state index >= 15 is 0 Å². The maximum atomic E-state index is 11.1. The van der Waals surface area contributed by atoms with Gasteiger partial charge in [0.2, 0.25) is 0 Å². The van der Waals surface area contributed by atoms with E-state index in [-0.39, 0.29) is 5.69 Å². The Morgan fingerprint density at radius 1 is 1.10 bits per heavy atom. The van der Waals surface area contributed by atoms with E-state index in [9.17, 15) is 10.1 Å². The number of anilines is 1. The lowest BCUT2D eigenvalue weighted by Crippen LogP contribution is -2.39. The summed E-state index contributed by atoms with van der Waals surface area (Å²) in [6.45, 7) is 4.17. The van der Waals surface area contributed by atoms with Crippen LogP contribution in [0.2, 0.25) is 0 Å². The minimum atomic E-state index is -0.399. The van der Waals surface area contributed by atoms with Crippen molar-refractivity contribution in [2.45, 2.75) is 13.5 Å². The van der Waals surface area contributed by atoms with E-state index in [0.29, 0.717) is 43.6 Å². The summed E-state index contributed by atoms with van der Waals surface area (Å²) in [4.78, 5) is 15.2. The highest BCUT2D eigenvalue weighted by atomic mass is 16.6. The van der Waals surface area contributed by atoms with Gasteiger partial charge in [-0.3, -0.25) is 10.1 Å². The highest BCUT2D eigenvalue weighted by Crippen LogP contribution is 2.25. The van der Waals surface area contributed by atoms with Crippen LogP contribution < -0.4 is 25.4 Å². The van der Waals surface area contributed by atoms with Crippen molar-refractivity contribution in [3.63, 3.8) is 0 Å². The molecule has 0 fully saturated rings. The van der Waals surface area contributed by atoms with Gasteiger partial charge in [0, 0.05) is 37.3 Å². The Balaban J connectivity index is 1.94. The molecule has 9 nitrogen and oxygen atoms in total. The summed E-state index contributed by atoms with van der Waals surface area (Å²) < 4.78 is 10.6. The molecule has 0 spiro atoms. The third-order valence-electron chi connectivity index (χ3n) is 4.08. The topological polar surface area (TPSA) is 110 Å². The number of methoxy groups -OCH3 is 2. The molecule has 0 bridgehead atoms. The number of ether oxygens (including phenoxy) is 2. The molecule has 3 N–H and O–H groups in total. The number of benzene rings is 2. The fraction of sp³-hybridized carbons (Fsp3) is 0.350. The van der Waals surface area contributed by atoms with E-state index in [4.69, 9.17) is 9.47 Å². The maximum absolute atomic E-state index is 11.1. The molecule has 0 aliphatic rings. The van der Waals surface area contributed by atoms with Crippen LogP contribution in [0.1, 0.15) is 12.5 Å². The van der Waals surface area contributed by atoms with Crippen LogP contribution in [0.3, 0.4) is 0 Å². The third kappa shape index (κ3) is 6.56. The third-order valence-corrected chi connectivity index (χ3v) is 4.08. The number of hydrogen-bond acceptors (Lipinski definition) is 6. The van der Waals surface area contributed by atoms with Gasteiger partial charge in [-0.1, -0.05) is 12.1 Å². The molecule has 0 radical (unpaired) electrons. The standard InChI is InChI=1S/C20H27N5O4/c1-4-21-20(24-14-15-9-10-16(28-2)13-19(15)29-3)23-12-11-22-17-7-5-6-8-18(17)25(26)27/h5-10,13,22H,4,11-12,14H2,1-3H3,(H2,21,23,24). The number of nitro benzene ring substituents is 1. The first kappa shape index (κ1) is 21.8. The average Bonchev–Trinajstić information content (AvgIpc) is 2.74. The normalized spacial score (nSPS) is 10.9. The van der Waals surface area contributed by atoms with E-state index in [1.54, 1.807) is 32.4 Å². The lowest BCUT2D eigenvalue weighted by molar-refractivity contribution is -0.384. The molecular formula is C20H27N5O4. The van der Waals surface area contributed by atoms with E-state index in [1.165, 1.54) is 6.07 Å². The van der Waals surface area contributed by atoms with Gasteiger partial charge in [0.25, 0.3) is 5.69 Å². The van der Waals surface area contributed by atoms with Gasteiger partial charge in [-0.05, 0) is 25.1 Å². The van der Waals surface area contributed by atoms with Crippen molar-refractivity contribution in [2.75, 3.05) is 39.2 Å². The smallest absolute Gasteiger partial charge is 0.292 e. The number of hydrogen-bond donors (Lipinski definition) is 3. The predicted octanol–water partition coefficient (Wildman–Crippen LogP) is 2.78. The van der Waals surface area contributed by atoms with Gasteiger partial charge in [0.05, 0.1) is 25.7 Å². The van der Waals surface area contributed by atoms with Gasteiger partial charge in [0.1, 0.15) is 17.2 Å². The zero-order chi connectivity index (χ0) is 21.1. The van der Waals surface area contributed by atoms with Crippen LogP contribution in [0.4, 0.5) is 11.4 Å². The number of para-hydroxylation sites is 2. The SMILES string of the molecule is CCNC(=NCc1ccc(OC)cc1OC)NCCNc1ccccc1[N+](=O)[O-]. The largest absolute Gasteiger partial charge is 0.497 e. The number of guanidine groups is 1. The number of aliphatic imine (C=N–C) groups is 1. The maximum Gasteiger partial charge on any atom is 0.292 e. The molecule has 0 saturated heterocycles. The first-order chi connectivity index (χ1) is 14.1. The molecule has 0 aliphatic heterocycles. The van der Waals surface area contributed by atoms with Crippen LogP contribution in [-0.4, -0.2) is 44.7 Å².